The van der Waals surface area contributed by atoms with Crippen LogP contribution in [0.4, 0.5) is 0 Å². The molecule has 0 N–H and O–H groups in total. The van der Waals surface area contributed by atoms with Crippen molar-refractivity contribution in [2.24, 2.45) is 0 Å². The van der Waals surface area contributed by atoms with Crippen LogP contribution in [0.25, 0.3) is 16.6 Å². The summed E-state index contributed by atoms with van der Waals surface area (Å²) in [4.78, 5) is 34.0. The number of rotatable bonds is 2. The predicted octanol–water partition coefficient (Wildman–Crippen LogP) is 4.52. The average Bonchev–Trinajstić information content (AvgIpc) is 3.24. The van der Waals surface area contributed by atoms with E-state index >= 15 is 0 Å². The molecule has 6 heteroatoms. The number of amides is 1. The minimum Gasteiger partial charge on any atom is -0.331 e. The first-order chi connectivity index (χ1) is 14.5. The molecule has 1 amide bonds. The number of para-hydroxylation sites is 1. The molecule has 2 aromatic carbocycles. The molecule has 0 saturated carbocycles. The van der Waals surface area contributed by atoms with Crippen LogP contribution in [0.5, 0.6) is 0 Å². The fourth-order valence-electron chi connectivity index (χ4n) is 4.25. The SMILES string of the molecule is Cc1nc2ccccc2c(=O)n1-c1ccc(C(=O)N2CCc3sccc3[C@H]2C)cc1. The van der Waals surface area contributed by atoms with Gasteiger partial charge < -0.3 is 4.90 Å². The Morgan fingerprint density at radius 2 is 1.87 bits per heavy atom. The summed E-state index contributed by atoms with van der Waals surface area (Å²) in [7, 11) is 0. The Balaban J connectivity index is 1.48. The molecular weight excluding hydrogens is 394 g/mol. The first-order valence-electron chi connectivity index (χ1n) is 10.0. The van der Waals surface area contributed by atoms with Crippen molar-refractivity contribution in [1.82, 2.24) is 14.5 Å². The van der Waals surface area contributed by atoms with E-state index in [4.69, 9.17) is 0 Å². The molecule has 3 heterocycles. The molecule has 0 spiro atoms. The smallest absolute Gasteiger partial charge is 0.265 e. The Kier molecular flexibility index (Phi) is 4.51. The van der Waals surface area contributed by atoms with Gasteiger partial charge in [0.15, 0.2) is 0 Å². The molecule has 1 atom stereocenters. The zero-order valence-electron chi connectivity index (χ0n) is 16.8. The Bertz CT molecular complexity index is 1320. The van der Waals surface area contributed by atoms with Crippen LogP contribution in [0.15, 0.2) is 64.8 Å². The monoisotopic (exact) mass is 415 g/mol. The van der Waals surface area contributed by atoms with E-state index in [1.807, 2.05) is 42.2 Å². The quantitative estimate of drug-likeness (QED) is 0.484. The van der Waals surface area contributed by atoms with Crippen LogP contribution in [-0.2, 0) is 6.42 Å². The van der Waals surface area contributed by atoms with E-state index in [0.717, 1.165) is 13.0 Å². The van der Waals surface area contributed by atoms with Gasteiger partial charge in [-0.25, -0.2) is 4.98 Å². The van der Waals surface area contributed by atoms with Gasteiger partial charge in [0.1, 0.15) is 5.82 Å². The van der Waals surface area contributed by atoms with Crippen molar-refractivity contribution >= 4 is 28.1 Å². The molecule has 1 aliphatic heterocycles. The van der Waals surface area contributed by atoms with Crippen LogP contribution in [0, 0.1) is 6.92 Å². The molecule has 5 rings (SSSR count). The lowest BCUT2D eigenvalue weighted by Gasteiger charge is -2.33. The third kappa shape index (κ3) is 2.95. The molecule has 4 aromatic rings. The number of hydrogen-bond donors (Lipinski definition) is 0. The molecule has 150 valence electrons. The van der Waals surface area contributed by atoms with E-state index in [-0.39, 0.29) is 17.5 Å². The first-order valence-corrected chi connectivity index (χ1v) is 10.9. The molecule has 0 unspecified atom stereocenters. The molecule has 5 nitrogen and oxygen atoms in total. The van der Waals surface area contributed by atoms with E-state index in [2.05, 4.69) is 23.4 Å². The van der Waals surface area contributed by atoms with Gasteiger partial charge in [0.2, 0.25) is 0 Å². The van der Waals surface area contributed by atoms with E-state index in [1.165, 1.54) is 10.4 Å². The van der Waals surface area contributed by atoms with Gasteiger partial charge in [0.25, 0.3) is 11.5 Å². The number of nitrogens with zero attached hydrogens (tertiary/aromatic N) is 3. The largest absolute Gasteiger partial charge is 0.331 e. The Morgan fingerprint density at radius 3 is 2.67 bits per heavy atom. The highest BCUT2D eigenvalue weighted by molar-refractivity contribution is 7.10. The molecule has 0 bridgehead atoms. The first kappa shape index (κ1) is 18.8. The molecule has 0 aliphatic carbocycles. The number of benzene rings is 2. The summed E-state index contributed by atoms with van der Waals surface area (Å²) in [6, 6.07) is 16.8. The van der Waals surface area contributed by atoms with Crippen molar-refractivity contribution in [2.45, 2.75) is 26.3 Å². The lowest BCUT2D eigenvalue weighted by atomic mass is 10.0. The van der Waals surface area contributed by atoms with Crippen molar-refractivity contribution in [2.75, 3.05) is 6.54 Å². The highest BCUT2D eigenvalue weighted by atomic mass is 32.1. The van der Waals surface area contributed by atoms with Crippen LogP contribution in [-0.4, -0.2) is 26.9 Å². The van der Waals surface area contributed by atoms with E-state index < -0.39 is 0 Å². The van der Waals surface area contributed by atoms with Crippen molar-refractivity contribution in [3.05, 3.63) is 92.2 Å². The number of hydrogen-bond acceptors (Lipinski definition) is 4. The fraction of sp³-hybridized carbons (Fsp3) is 0.208. The minimum absolute atomic E-state index is 0.0200. The van der Waals surface area contributed by atoms with Crippen LogP contribution in [0.1, 0.15) is 39.6 Å². The number of thiophene rings is 1. The summed E-state index contributed by atoms with van der Waals surface area (Å²) < 4.78 is 1.59. The van der Waals surface area contributed by atoms with Gasteiger partial charge in [0, 0.05) is 17.0 Å². The lowest BCUT2D eigenvalue weighted by Crippen LogP contribution is -2.38. The van der Waals surface area contributed by atoms with Crippen LogP contribution in [0.2, 0.25) is 0 Å². The Morgan fingerprint density at radius 1 is 1.10 bits per heavy atom. The second kappa shape index (κ2) is 7.22. The molecule has 2 aromatic heterocycles. The van der Waals surface area contributed by atoms with Gasteiger partial charge in [0.05, 0.1) is 22.6 Å². The number of carbonyl (C=O) groups excluding carboxylic acids is 1. The van der Waals surface area contributed by atoms with E-state index in [9.17, 15) is 9.59 Å². The maximum absolute atomic E-state index is 13.1. The van der Waals surface area contributed by atoms with Crippen LogP contribution < -0.4 is 5.56 Å². The summed E-state index contributed by atoms with van der Waals surface area (Å²) in [5.41, 5.74) is 3.17. The fourth-order valence-corrected chi connectivity index (χ4v) is 5.22. The molecule has 1 aliphatic rings. The van der Waals surface area contributed by atoms with Crippen molar-refractivity contribution in [3.8, 4) is 5.69 Å². The van der Waals surface area contributed by atoms with Crippen LogP contribution in [0.3, 0.4) is 0 Å². The van der Waals surface area contributed by atoms with Gasteiger partial charge >= 0.3 is 0 Å². The lowest BCUT2D eigenvalue weighted by molar-refractivity contribution is 0.0679. The second-order valence-electron chi connectivity index (χ2n) is 7.59. The molecule has 0 saturated heterocycles. The highest BCUT2D eigenvalue weighted by Crippen LogP contribution is 2.33. The third-order valence-electron chi connectivity index (χ3n) is 5.85. The number of aryl methyl sites for hydroxylation is 1. The summed E-state index contributed by atoms with van der Waals surface area (Å²) in [5, 5.41) is 2.68. The van der Waals surface area contributed by atoms with Gasteiger partial charge in [-0.1, -0.05) is 12.1 Å². The van der Waals surface area contributed by atoms with Crippen molar-refractivity contribution < 1.29 is 4.79 Å². The molecule has 0 radical (unpaired) electrons. The summed E-state index contributed by atoms with van der Waals surface area (Å²) in [6.07, 6.45) is 0.901. The summed E-state index contributed by atoms with van der Waals surface area (Å²) >= 11 is 1.77. The second-order valence-corrected chi connectivity index (χ2v) is 8.59. The maximum atomic E-state index is 13.1. The van der Waals surface area contributed by atoms with E-state index in [1.54, 1.807) is 34.1 Å². The van der Waals surface area contributed by atoms with Crippen LogP contribution >= 0.6 is 11.3 Å². The Labute approximate surface area is 178 Å². The van der Waals surface area contributed by atoms with Gasteiger partial charge in [-0.05, 0) is 73.7 Å². The highest BCUT2D eigenvalue weighted by Gasteiger charge is 2.29. The normalized spacial score (nSPS) is 15.9. The molecular formula is C24H21N3O2S. The van der Waals surface area contributed by atoms with Crippen molar-refractivity contribution in [3.63, 3.8) is 0 Å². The summed E-state index contributed by atoms with van der Waals surface area (Å²) in [5.74, 6) is 0.638. The van der Waals surface area contributed by atoms with Gasteiger partial charge in [-0.15, -0.1) is 11.3 Å². The summed E-state index contributed by atoms with van der Waals surface area (Å²) in [6.45, 7) is 4.63. The standard InChI is InChI=1S/C24H21N3O2S/c1-15-19-12-14-30-22(19)11-13-26(15)23(28)17-7-9-18(10-8-17)27-16(2)25-21-6-4-3-5-20(21)24(27)29/h3-10,12,14-15H,11,13H2,1-2H3/t15-/m1/s1. The zero-order chi connectivity index (χ0) is 20.8. The molecule has 30 heavy (non-hydrogen) atoms. The van der Waals surface area contributed by atoms with Gasteiger partial charge in [-0.2, -0.15) is 0 Å². The Hall–Kier alpha value is -3.25. The number of aromatic nitrogens is 2. The number of fused-ring (bicyclic) bond motifs is 2. The molecule has 0 fully saturated rings. The number of carbonyl (C=O) groups is 1. The minimum atomic E-state index is -0.105. The maximum Gasteiger partial charge on any atom is 0.265 e. The third-order valence-corrected chi connectivity index (χ3v) is 6.85. The predicted molar refractivity (Wildman–Crippen MR) is 120 cm³/mol. The zero-order valence-corrected chi connectivity index (χ0v) is 17.6. The topological polar surface area (TPSA) is 55.2 Å². The van der Waals surface area contributed by atoms with Crippen molar-refractivity contribution in [1.29, 1.82) is 0 Å². The average molecular weight is 416 g/mol. The van der Waals surface area contributed by atoms with E-state index in [0.29, 0.717) is 28.0 Å². The van der Waals surface area contributed by atoms with Gasteiger partial charge in [-0.3, -0.25) is 14.2 Å².